The van der Waals surface area contributed by atoms with Gasteiger partial charge >= 0.3 is 18.2 Å². The summed E-state index contributed by atoms with van der Waals surface area (Å²) in [5.74, 6) is -1.94. The van der Waals surface area contributed by atoms with Gasteiger partial charge in [0.25, 0.3) is 0 Å². The average molecular weight is 469 g/mol. The second-order valence-corrected chi connectivity index (χ2v) is 8.44. The zero-order valence-electron chi connectivity index (χ0n) is 20.5. The van der Waals surface area contributed by atoms with Crippen molar-refractivity contribution in [3.63, 3.8) is 0 Å². The number of hydrogen-bond acceptors (Lipinski definition) is 6. The van der Waals surface area contributed by atoms with Gasteiger partial charge in [-0.3, -0.25) is 9.78 Å². The molecule has 2 rings (SSSR count). The molecule has 0 aliphatic rings. The zero-order chi connectivity index (χ0) is 24.8. The normalized spacial score (nSPS) is 11.1. The molecule has 6 heteroatoms. The molecule has 0 bridgehead atoms. The molecule has 34 heavy (non-hydrogen) atoms. The Labute approximate surface area is 203 Å². The smallest absolute Gasteiger partial charge is 0.289 e. The molecule has 2 aromatic carbocycles. The van der Waals surface area contributed by atoms with Gasteiger partial charge in [0.1, 0.15) is 0 Å². The van der Waals surface area contributed by atoms with Crippen molar-refractivity contribution < 1.29 is 29.1 Å². The molecule has 184 valence electrons. The summed E-state index contributed by atoms with van der Waals surface area (Å²) in [6.07, 6.45) is 8.60. The summed E-state index contributed by atoms with van der Waals surface area (Å²) in [5.41, 5.74) is 3.00. The Morgan fingerprint density at radius 3 is 1.38 bits per heavy atom. The molecule has 0 aromatic heterocycles. The van der Waals surface area contributed by atoms with Crippen LogP contribution in [0.5, 0.6) is 0 Å². The Hall–Kier alpha value is -2.70. The second-order valence-electron chi connectivity index (χ2n) is 8.44. The molecule has 2 radical (unpaired) electrons. The maximum atomic E-state index is 12.3. The minimum atomic E-state index is -0.688. The molecule has 0 N–H and O–H groups in total. The molecule has 1 atom stereocenters. The van der Waals surface area contributed by atoms with Crippen LogP contribution in [0.3, 0.4) is 0 Å². The first-order chi connectivity index (χ1) is 16.4. The molecule has 0 fully saturated rings. The van der Waals surface area contributed by atoms with E-state index in [0.29, 0.717) is 11.1 Å². The van der Waals surface area contributed by atoms with Crippen LogP contribution in [0, 0.1) is 19.1 Å². The number of carbonyl (C=O) groups is 2. The van der Waals surface area contributed by atoms with Crippen molar-refractivity contribution in [2.75, 3.05) is 0 Å². The van der Waals surface area contributed by atoms with Gasteiger partial charge in [0.15, 0.2) is 0 Å². The minimum absolute atomic E-state index is 0.242. The Kier molecular flexibility index (Phi) is 12.4. The fourth-order valence-corrected chi connectivity index (χ4v) is 3.21. The highest BCUT2D eigenvalue weighted by Gasteiger charge is 2.25. The van der Waals surface area contributed by atoms with Gasteiger partial charge in [-0.05, 0) is 68.0 Å². The number of hydrogen-bond donors (Lipinski definition) is 0. The molecule has 1 unspecified atom stereocenters. The SMILES string of the molecule is [CH2]C(C)[C](OOC(=O)c1ccc(CCCCC)cc1)OOC(=O)c1ccc(CCCCC)cc1. The van der Waals surface area contributed by atoms with E-state index in [4.69, 9.17) is 19.6 Å². The van der Waals surface area contributed by atoms with E-state index in [0.717, 1.165) is 49.7 Å². The Bertz CT molecular complexity index is 788. The highest BCUT2D eigenvalue weighted by molar-refractivity contribution is 5.89. The number of aryl methyl sites for hydroxylation is 2. The van der Waals surface area contributed by atoms with Crippen LogP contribution in [0.4, 0.5) is 0 Å². The summed E-state index contributed by atoms with van der Waals surface area (Å²) in [4.78, 5) is 44.3. The Morgan fingerprint density at radius 1 is 0.676 bits per heavy atom. The predicted molar refractivity (Wildman–Crippen MR) is 130 cm³/mol. The van der Waals surface area contributed by atoms with E-state index < -0.39 is 17.9 Å². The third-order valence-corrected chi connectivity index (χ3v) is 5.32. The molecular formula is C28H36O6. The number of benzene rings is 2. The van der Waals surface area contributed by atoms with Crippen molar-refractivity contribution in [2.45, 2.75) is 72.1 Å². The quantitative estimate of drug-likeness (QED) is 0.159. The lowest BCUT2D eigenvalue weighted by Crippen LogP contribution is -2.20. The molecule has 0 aliphatic heterocycles. The van der Waals surface area contributed by atoms with Crippen LogP contribution in [0.25, 0.3) is 0 Å². The highest BCUT2D eigenvalue weighted by Crippen LogP contribution is 2.20. The van der Waals surface area contributed by atoms with Crippen LogP contribution in [-0.4, -0.2) is 11.9 Å². The maximum Gasteiger partial charge on any atom is 0.373 e. The van der Waals surface area contributed by atoms with E-state index in [-0.39, 0.29) is 6.29 Å². The fourth-order valence-electron chi connectivity index (χ4n) is 3.21. The first kappa shape index (κ1) is 27.5. The fraction of sp³-hybridized carbons (Fsp3) is 0.429. The van der Waals surface area contributed by atoms with Crippen LogP contribution < -0.4 is 0 Å². The van der Waals surface area contributed by atoms with E-state index >= 15 is 0 Å². The summed E-state index contributed by atoms with van der Waals surface area (Å²) in [6.45, 7) is 9.73. The first-order valence-corrected chi connectivity index (χ1v) is 12.1. The van der Waals surface area contributed by atoms with Gasteiger partial charge in [-0.25, -0.2) is 9.59 Å². The van der Waals surface area contributed by atoms with E-state index in [2.05, 4.69) is 20.8 Å². The summed E-state index contributed by atoms with van der Waals surface area (Å²) in [6, 6.07) is 14.3. The van der Waals surface area contributed by atoms with Gasteiger partial charge in [0.05, 0.1) is 11.1 Å². The van der Waals surface area contributed by atoms with Gasteiger partial charge in [-0.1, -0.05) is 70.7 Å². The third kappa shape index (κ3) is 9.65. The van der Waals surface area contributed by atoms with Gasteiger partial charge in [-0.2, -0.15) is 0 Å². The summed E-state index contributed by atoms with van der Waals surface area (Å²) in [5, 5.41) is 0. The van der Waals surface area contributed by atoms with Crippen molar-refractivity contribution in [1.82, 2.24) is 0 Å². The molecule has 0 spiro atoms. The van der Waals surface area contributed by atoms with Gasteiger partial charge < -0.3 is 0 Å². The zero-order valence-corrected chi connectivity index (χ0v) is 20.5. The van der Waals surface area contributed by atoms with E-state index in [9.17, 15) is 9.59 Å². The molecular weight excluding hydrogens is 432 g/mol. The molecule has 0 saturated heterocycles. The van der Waals surface area contributed by atoms with E-state index in [1.165, 1.54) is 12.8 Å². The number of rotatable bonds is 15. The first-order valence-electron chi connectivity index (χ1n) is 12.1. The lowest BCUT2D eigenvalue weighted by Gasteiger charge is -2.16. The monoisotopic (exact) mass is 468 g/mol. The Balaban J connectivity index is 1.81. The third-order valence-electron chi connectivity index (χ3n) is 5.32. The average Bonchev–Trinajstić information content (AvgIpc) is 2.84. The predicted octanol–water partition coefficient (Wildman–Crippen LogP) is 6.99. The molecule has 6 nitrogen and oxygen atoms in total. The van der Waals surface area contributed by atoms with Crippen molar-refractivity contribution in [1.29, 1.82) is 0 Å². The summed E-state index contributed by atoms with van der Waals surface area (Å²) < 4.78 is 0. The van der Waals surface area contributed by atoms with Crippen molar-refractivity contribution in [3.8, 4) is 0 Å². The van der Waals surface area contributed by atoms with Crippen molar-refractivity contribution >= 4 is 11.9 Å². The second kappa shape index (κ2) is 15.3. The topological polar surface area (TPSA) is 71.1 Å². The van der Waals surface area contributed by atoms with Crippen LogP contribution >= 0.6 is 0 Å². The summed E-state index contributed by atoms with van der Waals surface area (Å²) in [7, 11) is 0. The van der Waals surface area contributed by atoms with Crippen molar-refractivity contribution in [2.24, 2.45) is 5.92 Å². The van der Waals surface area contributed by atoms with Gasteiger partial charge in [-0.15, -0.1) is 9.78 Å². The lowest BCUT2D eigenvalue weighted by molar-refractivity contribution is -0.369. The minimum Gasteiger partial charge on any atom is -0.289 e. The van der Waals surface area contributed by atoms with Gasteiger partial charge in [0, 0.05) is 5.92 Å². The van der Waals surface area contributed by atoms with Crippen LogP contribution in [0.15, 0.2) is 48.5 Å². The van der Waals surface area contributed by atoms with E-state index in [1.807, 2.05) is 24.3 Å². The van der Waals surface area contributed by atoms with Gasteiger partial charge in [0.2, 0.25) is 0 Å². The standard InChI is InChI=1S/C28H36O6/c1-5-7-9-11-22-13-17-24(18-14-22)26(29)31-33-28(21(3)4)34-32-27(30)25-19-15-23(16-20-25)12-10-8-6-2/h13-21H,3,5-12H2,1-2,4H3. The Morgan fingerprint density at radius 2 is 1.06 bits per heavy atom. The molecule has 0 amide bonds. The number of carbonyl (C=O) groups excluding carboxylic acids is 2. The molecule has 2 aromatic rings. The largest absolute Gasteiger partial charge is 0.373 e. The lowest BCUT2D eigenvalue weighted by atomic mass is 10.1. The summed E-state index contributed by atoms with van der Waals surface area (Å²) >= 11 is 0. The van der Waals surface area contributed by atoms with Crippen LogP contribution in [-0.2, 0) is 32.4 Å². The highest BCUT2D eigenvalue weighted by atomic mass is 17.3. The molecule has 0 saturated carbocycles. The molecule has 0 heterocycles. The van der Waals surface area contributed by atoms with Crippen LogP contribution in [0.1, 0.15) is 91.1 Å². The van der Waals surface area contributed by atoms with Crippen molar-refractivity contribution in [3.05, 3.63) is 84.0 Å². The van der Waals surface area contributed by atoms with E-state index in [1.54, 1.807) is 31.2 Å². The maximum absolute atomic E-state index is 12.3. The van der Waals surface area contributed by atoms with Crippen LogP contribution in [0.2, 0.25) is 0 Å². The molecule has 0 aliphatic carbocycles. The number of unbranched alkanes of at least 4 members (excludes halogenated alkanes) is 4.